The number of hydrogen-bond acceptors (Lipinski definition) is 7. The molecule has 4 heterocycles. The molecule has 188 valence electrons. The maximum Gasteiger partial charge on any atom is 0.278 e. The Kier molecular flexibility index (Phi) is 5.17. The number of benzene rings is 1. The molecule has 1 aliphatic carbocycles. The Morgan fingerprint density at radius 2 is 2.05 bits per heavy atom. The third-order valence-corrected chi connectivity index (χ3v) is 7.38. The van der Waals surface area contributed by atoms with Crippen LogP contribution in [0, 0.1) is 17.1 Å². The molecule has 0 bridgehead atoms. The normalized spacial score (nSPS) is 16.0. The molecule has 0 saturated heterocycles. The molecular weight excluding hydrogens is 471 g/mol. The first-order valence-corrected chi connectivity index (χ1v) is 12.5. The molecule has 1 fully saturated rings. The molecule has 4 aromatic rings. The number of aromatic nitrogens is 5. The Hall–Kier alpha value is -4.10. The van der Waals surface area contributed by atoms with Crippen molar-refractivity contribution in [2.75, 3.05) is 11.9 Å². The zero-order valence-corrected chi connectivity index (χ0v) is 21.0. The van der Waals surface area contributed by atoms with Gasteiger partial charge in [-0.1, -0.05) is 6.07 Å². The first-order valence-electron chi connectivity index (χ1n) is 12.5. The van der Waals surface area contributed by atoms with Crippen LogP contribution < -0.4 is 16.2 Å². The molecule has 0 atom stereocenters. The molecule has 0 unspecified atom stereocenters. The number of pyridine rings is 1. The van der Waals surface area contributed by atoms with Gasteiger partial charge in [0.1, 0.15) is 11.2 Å². The molecule has 0 radical (unpaired) electrons. The minimum absolute atomic E-state index is 0.00819. The lowest BCUT2D eigenvalue weighted by molar-refractivity contribution is 0.490. The van der Waals surface area contributed by atoms with Crippen LogP contribution in [0.15, 0.2) is 41.3 Å². The molecule has 2 aliphatic rings. The highest BCUT2D eigenvalue weighted by molar-refractivity contribution is 5.77. The molecular formula is C27H27FN8O. The van der Waals surface area contributed by atoms with E-state index in [9.17, 15) is 14.4 Å². The van der Waals surface area contributed by atoms with Gasteiger partial charge in [-0.15, -0.1) is 0 Å². The van der Waals surface area contributed by atoms with Gasteiger partial charge in [0.15, 0.2) is 11.5 Å². The highest BCUT2D eigenvalue weighted by atomic mass is 19.1. The van der Waals surface area contributed by atoms with E-state index in [1.54, 1.807) is 18.5 Å². The van der Waals surface area contributed by atoms with Crippen molar-refractivity contribution in [3.8, 4) is 11.9 Å². The van der Waals surface area contributed by atoms with Crippen LogP contribution in [0.5, 0.6) is 0 Å². The van der Waals surface area contributed by atoms with Gasteiger partial charge in [-0.3, -0.25) is 4.79 Å². The molecule has 1 aliphatic heterocycles. The van der Waals surface area contributed by atoms with Crippen molar-refractivity contribution >= 4 is 22.7 Å². The number of nitriles is 1. The Labute approximate surface area is 213 Å². The predicted octanol–water partition coefficient (Wildman–Crippen LogP) is 3.82. The van der Waals surface area contributed by atoms with Crippen LogP contribution >= 0.6 is 0 Å². The smallest absolute Gasteiger partial charge is 0.278 e. The third-order valence-electron chi connectivity index (χ3n) is 7.38. The topological polar surface area (TPSA) is 113 Å². The fourth-order valence-corrected chi connectivity index (χ4v) is 5.22. The van der Waals surface area contributed by atoms with E-state index < -0.39 is 11.2 Å². The van der Waals surface area contributed by atoms with Crippen molar-refractivity contribution in [1.82, 2.24) is 29.6 Å². The van der Waals surface area contributed by atoms with Gasteiger partial charge >= 0.3 is 0 Å². The second-order valence-electron chi connectivity index (χ2n) is 10.3. The quantitative estimate of drug-likeness (QED) is 0.430. The van der Waals surface area contributed by atoms with E-state index in [-0.39, 0.29) is 16.8 Å². The molecule has 37 heavy (non-hydrogen) atoms. The van der Waals surface area contributed by atoms with Crippen LogP contribution in [0.2, 0.25) is 0 Å². The zero-order valence-electron chi connectivity index (χ0n) is 21.0. The predicted molar refractivity (Wildman–Crippen MR) is 138 cm³/mol. The average molecular weight is 499 g/mol. The van der Waals surface area contributed by atoms with Gasteiger partial charge in [0, 0.05) is 30.5 Å². The zero-order chi connectivity index (χ0) is 25.9. The van der Waals surface area contributed by atoms with E-state index in [1.165, 1.54) is 47.0 Å². The lowest BCUT2D eigenvalue weighted by Gasteiger charge is -2.27. The maximum atomic E-state index is 14.6. The molecule has 1 spiro atoms. The fraction of sp³-hybridized carbons (Fsp3) is 0.370. The monoisotopic (exact) mass is 498 g/mol. The van der Waals surface area contributed by atoms with Gasteiger partial charge < -0.3 is 10.6 Å². The molecule has 9 nitrogen and oxygen atoms in total. The highest BCUT2D eigenvalue weighted by Gasteiger charge is 2.46. The van der Waals surface area contributed by atoms with Crippen LogP contribution in [-0.4, -0.2) is 30.9 Å². The second kappa shape index (κ2) is 8.21. The van der Waals surface area contributed by atoms with E-state index in [4.69, 9.17) is 0 Å². The van der Waals surface area contributed by atoms with Crippen LogP contribution in [0.3, 0.4) is 0 Å². The van der Waals surface area contributed by atoms with Gasteiger partial charge in [-0.2, -0.15) is 10.2 Å². The molecule has 6 rings (SSSR count). The standard InChI is InChI=1S/C27H27FN8O/c1-4-35-24(37)18-14-30-25(32-17-5-6-19-16(13-17)9-12-31-27(19)10-11-27)34-23(18)36(35)21-8-7-20(28)22(33-21)26(2,3)15-29/h5-8,13-14,31H,4,9-12H2,1-3H3,(H,30,32,34). The number of nitrogens with one attached hydrogen (secondary N) is 2. The Bertz CT molecular complexity index is 1660. The third kappa shape index (κ3) is 3.69. The van der Waals surface area contributed by atoms with Crippen molar-refractivity contribution in [3.05, 3.63) is 69.5 Å². The van der Waals surface area contributed by atoms with E-state index in [0.29, 0.717) is 29.3 Å². The first-order chi connectivity index (χ1) is 17.8. The van der Waals surface area contributed by atoms with Crippen molar-refractivity contribution in [3.63, 3.8) is 0 Å². The fourth-order valence-electron chi connectivity index (χ4n) is 5.22. The van der Waals surface area contributed by atoms with Gasteiger partial charge in [-0.25, -0.2) is 23.7 Å². The largest absolute Gasteiger partial charge is 0.324 e. The van der Waals surface area contributed by atoms with E-state index in [2.05, 4.69) is 43.8 Å². The van der Waals surface area contributed by atoms with Gasteiger partial charge in [0.25, 0.3) is 5.56 Å². The molecule has 10 heteroatoms. The average Bonchev–Trinajstić information content (AvgIpc) is 3.60. The molecule has 1 saturated carbocycles. The minimum atomic E-state index is -1.15. The van der Waals surface area contributed by atoms with Crippen molar-refractivity contribution < 1.29 is 4.39 Å². The van der Waals surface area contributed by atoms with Gasteiger partial charge in [0.05, 0.1) is 17.2 Å². The van der Waals surface area contributed by atoms with E-state index in [1.807, 2.05) is 13.0 Å². The maximum absolute atomic E-state index is 14.6. The van der Waals surface area contributed by atoms with Crippen molar-refractivity contribution in [1.29, 1.82) is 5.26 Å². The number of nitrogens with zero attached hydrogens (tertiary/aromatic N) is 6. The summed E-state index contributed by atoms with van der Waals surface area (Å²) in [4.78, 5) is 26.7. The first kappa shape index (κ1) is 23.3. The SMILES string of the molecule is CCn1c(=O)c2cnc(Nc3ccc4c(c3)CCNC43CC3)nc2n1-c1ccc(F)c(C(C)(C)C#N)n1. The highest BCUT2D eigenvalue weighted by Crippen LogP contribution is 2.48. The van der Waals surface area contributed by atoms with Gasteiger partial charge in [-0.05, 0) is 75.4 Å². The van der Waals surface area contributed by atoms with Crippen LogP contribution in [-0.2, 0) is 23.9 Å². The lowest BCUT2D eigenvalue weighted by Crippen LogP contribution is -2.36. The summed E-state index contributed by atoms with van der Waals surface area (Å²) in [5, 5.41) is 16.8. The summed E-state index contributed by atoms with van der Waals surface area (Å²) in [5.41, 5.74) is 2.65. The number of halogens is 1. The molecule has 1 aromatic carbocycles. The summed E-state index contributed by atoms with van der Waals surface area (Å²) >= 11 is 0. The second-order valence-corrected chi connectivity index (χ2v) is 10.3. The van der Waals surface area contributed by atoms with Crippen LogP contribution in [0.1, 0.15) is 50.4 Å². The number of rotatable bonds is 5. The van der Waals surface area contributed by atoms with Crippen LogP contribution in [0.4, 0.5) is 16.0 Å². The summed E-state index contributed by atoms with van der Waals surface area (Å²) in [6.07, 6.45) is 4.80. The summed E-state index contributed by atoms with van der Waals surface area (Å²) in [5.74, 6) is 0.0586. The summed E-state index contributed by atoms with van der Waals surface area (Å²) in [6, 6.07) is 11.2. The van der Waals surface area contributed by atoms with Crippen molar-refractivity contribution in [2.45, 2.75) is 57.5 Å². The molecule has 0 amide bonds. The lowest BCUT2D eigenvalue weighted by atomic mass is 9.90. The summed E-state index contributed by atoms with van der Waals surface area (Å²) < 4.78 is 17.7. The molecule has 3 aromatic heterocycles. The number of fused-ring (bicyclic) bond motifs is 3. The summed E-state index contributed by atoms with van der Waals surface area (Å²) in [6.45, 7) is 6.35. The molecule has 2 N–H and O–H groups in total. The van der Waals surface area contributed by atoms with Crippen LogP contribution in [0.25, 0.3) is 16.9 Å². The minimum Gasteiger partial charge on any atom is -0.324 e. The number of anilines is 2. The van der Waals surface area contributed by atoms with Gasteiger partial charge in [0.2, 0.25) is 5.95 Å². The number of hydrogen-bond donors (Lipinski definition) is 2. The Morgan fingerprint density at radius 1 is 1.24 bits per heavy atom. The van der Waals surface area contributed by atoms with E-state index >= 15 is 0 Å². The Morgan fingerprint density at radius 3 is 2.78 bits per heavy atom. The summed E-state index contributed by atoms with van der Waals surface area (Å²) in [7, 11) is 0. The van der Waals surface area contributed by atoms with Crippen molar-refractivity contribution in [2.24, 2.45) is 0 Å². The Balaban J connectivity index is 1.44. The van der Waals surface area contributed by atoms with E-state index in [0.717, 1.165) is 18.7 Å².